The third kappa shape index (κ3) is 15.3. The van der Waals surface area contributed by atoms with E-state index in [2.05, 4.69) is 68.8 Å². The van der Waals surface area contributed by atoms with E-state index in [1.54, 1.807) is 0 Å². The van der Waals surface area contributed by atoms with Gasteiger partial charge >= 0.3 is 11.9 Å². The number of aliphatic carboxylic acids is 1. The minimum absolute atomic E-state index is 0. The molecule has 0 unspecified atom stereocenters. The first-order valence-electron chi connectivity index (χ1n) is 16.3. The van der Waals surface area contributed by atoms with Gasteiger partial charge < -0.3 is 30.9 Å². The predicted octanol–water partition coefficient (Wildman–Crippen LogP) is 6.86. The number of nitrogens with two attached hydrogens (primary N) is 1. The molecule has 0 aliphatic carbocycles. The van der Waals surface area contributed by atoms with Crippen molar-refractivity contribution in [3.63, 3.8) is 0 Å². The number of carboxylic acid groups (broad SMARTS) is 1. The third-order valence-electron chi connectivity index (χ3n) is 7.24. The van der Waals surface area contributed by atoms with Crippen LogP contribution in [0.4, 0.5) is 40.1 Å². The van der Waals surface area contributed by atoms with Crippen LogP contribution in [0.5, 0.6) is 5.75 Å². The Kier molecular flexibility index (Phi) is 20.4. The first-order chi connectivity index (χ1) is 31.3. The van der Waals surface area contributed by atoms with E-state index in [1.807, 2.05) is 0 Å². The Bertz CT molecular complexity index is 2930. The summed E-state index contributed by atoms with van der Waals surface area (Å²) in [6, 6.07) is 8.90. The fourth-order valence-electron chi connectivity index (χ4n) is 4.78. The van der Waals surface area contributed by atoms with Crippen molar-refractivity contribution in [2.24, 2.45) is 20.5 Å². The monoisotopic (exact) mass is 1090 g/mol. The molecule has 0 aliphatic rings. The summed E-state index contributed by atoms with van der Waals surface area (Å²) in [4.78, 5) is 32.5. The van der Waals surface area contributed by atoms with E-state index in [1.165, 1.54) is 24.3 Å². The second-order valence-electron chi connectivity index (χ2n) is 11.4. The van der Waals surface area contributed by atoms with E-state index in [0.29, 0.717) is 36.1 Å². The molecule has 0 aliphatic heterocycles. The second-order valence-corrected chi connectivity index (χ2v) is 18.4. The molecule has 1 aromatic heterocycles. The molecule has 38 heteroatoms. The average Bonchev–Trinajstić information content (AvgIpc) is 3.25. The van der Waals surface area contributed by atoms with E-state index in [-0.39, 0.29) is 65.4 Å². The van der Waals surface area contributed by atoms with Gasteiger partial charge in [0, 0.05) is 22.6 Å². The summed E-state index contributed by atoms with van der Waals surface area (Å²) in [7, 11) is -10.4. The molecule has 0 atom stereocenters. The molecule has 0 saturated heterocycles. The highest BCUT2D eigenvalue weighted by atomic mass is 35.5. The summed E-state index contributed by atoms with van der Waals surface area (Å²) in [5.74, 6) is -4.17. The van der Waals surface area contributed by atoms with Crippen molar-refractivity contribution in [3.8, 4) is 5.75 Å². The molecule has 0 bridgehead atoms. The van der Waals surface area contributed by atoms with Crippen molar-refractivity contribution >= 4 is 155 Å². The molecule has 0 radical (unpaired) electrons. The molecule has 360 valence electrons. The van der Waals surface area contributed by atoms with Crippen LogP contribution in [0.2, 0.25) is 5.28 Å². The van der Waals surface area contributed by atoms with Crippen molar-refractivity contribution in [3.05, 3.63) is 53.8 Å². The van der Waals surface area contributed by atoms with Crippen molar-refractivity contribution < 1.29 is 99.3 Å². The first kappa shape index (κ1) is 54.8. The zero-order valence-electron chi connectivity index (χ0n) is 31.9. The topological polar surface area (TPSA) is 466 Å². The number of carboxylic acids is 1. The Morgan fingerprint density at radius 2 is 1.42 bits per heavy atom. The van der Waals surface area contributed by atoms with E-state index in [4.69, 9.17) is 42.4 Å². The van der Waals surface area contributed by atoms with E-state index in [0.717, 1.165) is 36.0 Å². The van der Waals surface area contributed by atoms with Gasteiger partial charge in [-0.15, -0.1) is 33.5 Å². The summed E-state index contributed by atoms with van der Waals surface area (Å²) in [6.07, 6.45) is 0. The lowest BCUT2D eigenvalue weighted by molar-refractivity contribution is -0.432. The molecule has 0 spiro atoms. The Labute approximate surface area is 398 Å². The maximum atomic E-state index is 12.7. The molecule has 4 aromatic carbocycles. The highest BCUT2D eigenvalue weighted by Gasteiger charge is 2.27. The number of rotatable bonds is 23. The molecule has 0 amide bonds. The molecule has 1 heterocycles. The number of benzene rings is 4. The van der Waals surface area contributed by atoms with E-state index < -0.39 is 87.4 Å². The number of anilines is 3. The molecule has 0 saturated carbocycles. The number of thioether (sulfide) groups is 1. The zero-order valence-corrected chi connectivity index (χ0v) is 38.4. The minimum atomic E-state index is -5.28. The lowest BCUT2D eigenvalue weighted by atomic mass is 10.1. The second kappa shape index (κ2) is 25.0. The standard InChI is InChI=1S/C29H22ClN9O20S7.H2O/c30-27-33-28(35-29(34-27)60-9-20(40)41)32-12-1-4-16(63-58-55-45)15(7-12)37-39-25-19(66(50,51)52)6-11-5-17(64-59-56-46)24(23(31)22(11)26(25)43)38-36-14-3-2-13(8-18(14)65(47,48)49)62-53-21(42)10-61-57-54-44;/h1-8,43-46H,9-10,31H2,(H,40,41)(H,47,48,49)(H,50,51,52)(H,32,33,34,35);1H2. The number of fused-ring (bicyclic) bond motifs is 1. The average molecular weight is 1090 g/mol. The normalized spacial score (nSPS) is 11.9. The molecular weight excluding hydrogens is 1070 g/mol. The van der Waals surface area contributed by atoms with Crippen LogP contribution < -0.4 is 11.1 Å². The lowest BCUT2D eigenvalue weighted by Gasteiger charge is -2.14. The quantitative estimate of drug-likeness (QED) is 0.00471. The maximum absolute atomic E-state index is 12.7. The highest BCUT2D eigenvalue weighted by molar-refractivity contribution is 7.99. The number of carbonyl (C=O) groups excluding carboxylic acids is 1. The summed E-state index contributed by atoms with van der Waals surface area (Å²) in [5.41, 5.74) is 3.87. The SMILES string of the molecule is Nc1c(N=Nc2ccc(SOC(=O)CSOOO)cc2S(=O)(=O)O)c(SOOO)cc2cc(S(=O)(=O)O)c(N=Nc3cc(Nc4nc(Cl)nc(SCC(=O)O)n4)ccc3SOOO)c(O)c12.O. The van der Waals surface area contributed by atoms with E-state index in [9.17, 15) is 40.6 Å². The molecular formula is C29H24ClN9O21S7. The molecule has 5 aromatic rings. The molecule has 5 rings (SSSR count). The van der Waals surface area contributed by atoms with Gasteiger partial charge in [-0.05, 0) is 65.5 Å². The smallest absolute Gasteiger partial charge is 0.330 e. The Balaban J connectivity index is 0.00000980. The van der Waals surface area contributed by atoms with Crippen LogP contribution in [0.15, 0.2) is 98.6 Å². The first-order valence-corrected chi connectivity index (χ1v) is 23.7. The summed E-state index contributed by atoms with van der Waals surface area (Å²) in [6.45, 7) is 0. The van der Waals surface area contributed by atoms with Crippen LogP contribution in [0.25, 0.3) is 10.8 Å². The number of nitrogens with one attached hydrogen (secondary N) is 1. The van der Waals surface area contributed by atoms with Crippen LogP contribution >= 0.6 is 71.5 Å². The third-order valence-corrected chi connectivity index (χ3v) is 12.5. The summed E-state index contributed by atoms with van der Waals surface area (Å²) >= 11 is 8.02. The number of halogens is 1. The number of nitrogen functional groups attached to an aromatic ring is 1. The van der Waals surface area contributed by atoms with E-state index >= 15 is 0 Å². The van der Waals surface area contributed by atoms with Gasteiger partial charge in [0.2, 0.25) is 11.2 Å². The number of azo groups is 2. The van der Waals surface area contributed by atoms with Gasteiger partial charge in [-0.3, -0.25) is 18.7 Å². The number of phenols is 1. The Hall–Kier alpha value is -4.85. The minimum Gasteiger partial charge on any atom is -0.505 e. The lowest BCUT2D eigenvalue weighted by Crippen LogP contribution is -2.03. The maximum Gasteiger partial charge on any atom is 0.330 e. The van der Waals surface area contributed by atoms with Crippen LogP contribution in [0.3, 0.4) is 0 Å². The fraction of sp³-hybridized carbons (Fsp3) is 0.0690. The number of hydrogen-bond acceptors (Lipinski definition) is 31. The van der Waals surface area contributed by atoms with Crippen molar-refractivity contribution in [2.45, 2.75) is 29.6 Å². The van der Waals surface area contributed by atoms with Gasteiger partial charge in [0.25, 0.3) is 20.2 Å². The van der Waals surface area contributed by atoms with Crippen molar-refractivity contribution in [1.29, 1.82) is 0 Å². The van der Waals surface area contributed by atoms with Crippen LogP contribution in [0.1, 0.15) is 0 Å². The number of phenolic OH excluding ortho intramolecular Hbond substituents is 1. The number of aromatic nitrogens is 3. The van der Waals surface area contributed by atoms with Crippen molar-refractivity contribution in [1.82, 2.24) is 15.0 Å². The molecule has 12 N–H and O–H groups in total. The highest BCUT2D eigenvalue weighted by Crippen LogP contribution is 2.50. The van der Waals surface area contributed by atoms with Crippen LogP contribution in [0, 0.1) is 0 Å². The van der Waals surface area contributed by atoms with Crippen LogP contribution in [-0.2, 0) is 62.1 Å². The zero-order chi connectivity index (χ0) is 48.2. The number of hydrogen-bond donors (Lipinski definition) is 9. The van der Waals surface area contributed by atoms with Crippen molar-refractivity contribution in [2.75, 3.05) is 22.6 Å². The van der Waals surface area contributed by atoms with Gasteiger partial charge in [-0.1, -0.05) is 26.9 Å². The van der Waals surface area contributed by atoms with Gasteiger partial charge in [0.15, 0.2) is 10.9 Å². The predicted molar refractivity (Wildman–Crippen MR) is 232 cm³/mol. The Morgan fingerprint density at radius 1 is 0.761 bits per heavy atom. The van der Waals surface area contributed by atoms with Crippen LogP contribution in [-0.4, -0.2) is 95.8 Å². The van der Waals surface area contributed by atoms with Gasteiger partial charge in [0.05, 0.1) is 62.7 Å². The van der Waals surface area contributed by atoms with Gasteiger partial charge in [-0.25, -0.2) is 15.8 Å². The molecule has 0 fully saturated rings. The van der Waals surface area contributed by atoms with Gasteiger partial charge in [0.1, 0.15) is 38.3 Å². The number of carbonyl (C=O) groups is 2. The summed E-state index contributed by atoms with van der Waals surface area (Å²) in [5, 5.41) is 74.5. The Morgan fingerprint density at radius 3 is 2.07 bits per heavy atom. The fourth-order valence-corrected chi connectivity index (χ4v) is 8.71. The molecule has 67 heavy (non-hydrogen) atoms. The largest absolute Gasteiger partial charge is 0.505 e. The molecule has 30 nitrogen and oxygen atoms in total. The van der Waals surface area contributed by atoms with Gasteiger partial charge in [-0.2, -0.15) is 31.8 Å². The summed E-state index contributed by atoms with van der Waals surface area (Å²) < 4.78 is 88.4. The number of nitrogens with zero attached hydrogens (tertiary/aromatic N) is 7. The number of aromatic hydroxyl groups is 1.